The summed E-state index contributed by atoms with van der Waals surface area (Å²) in [6.45, 7) is 2.12. The molecule has 0 aliphatic rings. The Morgan fingerprint density at radius 1 is 1.37 bits per heavy atom. The Bertz CT molecular complexity index is 550. The Morgan fingerprint density at radius 2 is 2.11 bits per heavy atom. The number of carbonyl (C=O) groups is 1. The Balaban J connectivity index is 1.97. The molecule has 0 bridgehead atoms. The minimum absolute atomic E-state index is 0.142. The molecule has 0 fully saturated rings. The van der Waals surface area contributed by atoms with Gasteiger partial charge < -0.3 is 14.6 Å². The standard InChI is InChI=1S/C13H13NO4S/c1-2-17-12(16)7-9-8-19-13(14-9)18-11-5-3-10(15)4-6-11/h3-6,8,15H,2,7H2,1H3. The average molecular weight is 279 g/mol. The van der Waals surface area contributed by atoms with Crippen LogP contribution in [0, 0.1) is 0 Å². The van der Waals surface area contributed by atoms with Crippen molar-refractivity contribution in [2.75, 3.05) is 6.61 Å². The molecule has 19 heavy (non-hydrogen) atoms. The molecule has 0 saturated carbocycles. The molecule has 2 aromatic rings. The quantitative estimate of drug-likeness (QED) is 0.852. The lowest BCUT2D eigenvalue weighted by Crippen LogP contribution is -2.07. The molecule has 0 unspecified atom stereocenters. The van der Waals surface area contributed by atoms with Gasteiger partial charge in [-0.3, -0.25) is 4.79 Å². The van der Waals surface area contributed by atoms with Crippen LogP contribution in [0.4, 0.5) is 0 Å². The SMILES string of the molecule is CCOC(=O)Cc1csc(Oc2ccc(O)cc2)n1. The molecule has 1 aromatic heterocycles. The maximum Gasteiger partial charge on any atom is 0.311 e. The molecule has 1 heterocycles. The molecule has 0 radical (unpaired) electrons. The third-order valence-corrected chi connectivity index (χ3v) is 2.97. The number of benzene rings is 1. The summed E-state index contributed by atoms with van der Waals surface area (Å²) < 4.78 is 10.3. The van der Waals surface area contributed by atoms with Crippen molar-refractivity contribution in [2.45, 2.75) is 13.3 Å². The van der Waals surface area contributed by atoms with Crippen molar-refractivity contribution < 1.29 is 19.4 Å². The number of ether oxygens (including phenoxy) is 2. The normalized spacial score (nSPS) is 10.2. The van der Waals surface area contributed by atoms with Gasteiger partial charge in [0.15, 0.2) is 0 Å². The lowest BCUT2D eigenvalue weighted by molar-refractivity contribution is -0.142. The Hall–Kier alpha value is -2.08. The molecule has 5 nitrogen and oxygen atoms in total. The van der Waals surface area contributed by atoms with E-state index in [0.29, 0.717) is 23.2 Å². The summed E-state index contributed by atoms with van der Waals surface area (Å²) >= 11 is 1.31. The number of nitrogens with zero attached hydrogens (tertiary/aromatic N) is 1. The average Bonchev–Trinajstić information content (AvgIpc) is 2.80. The van der Waals surface area contributed by atoms with Gasteiger partial charge in [-0.25, -0.2) is 4.98 Å². The predicted molar refractivity (Wildman–Crippen MR) is 70.6 cm³/mol. The molecular weight excluding hydrogens is 266 g/mol. The van der Waals surface area contributed by atoms with Crippen molar-refractivity contribution >= 4 is 17.3 Å². The van der Waals surface area contributed by atoms with Crippen LogP contribution in [0.2, 0.25) is 0 Å². The molecule has 0 aliphatic heterocycles. The van der Waals surface area contributed by atoms with Gasteiger partial charge in [-0.1, -0.05) is 11.3 Å². The van der Waals surface area contributed by atoms with Crippen LogP contribution < -0.4 is 4.74 Å². The molecule has 0 amide bonds. The highest BCUT2D eigenvalue weighted by molar-refractivity contribution is 7.11. The third kappa shape index (κ3) is 3.96. The molecule has 0 atom stereocenters. The fourth-order valence-electron chi connectivity index (χ4n) is 1.39. The number of hydrogen-bond acceptors (Lipinski definition) is 6. The number of aromatic nitrogens is 1. The minimum Gasteiger partial charge on any atom is -0.508 e. The topological polar surface area (TPSA) is 68.7 Å². The van der Waals surface area contributed by atoms with E-state index in [2.05, 4.69) is 4.98 Å². The van der Waals surface area contributed by atoms with Gasteiger partial charge in [0.05, 0.1) is 18.7 Å². The first-order chi connectivity index (χ1) is 9.17. The number of hydrogen-bond donors (Lipinski definition) is 1. The van der Waals surface area contributed by atoms with Gasteiger partial charge in [-0.15, -0.1) is 0 Å². The number of carbonyl (C=O) groups excluding carboxylic acids is 1. The molecule has 100 valence electrons. The van der Waals surface area contributed by atoms with Gasteiger partial charge >= 0.3 is 5.97 Å². The van der Waals surface area contributed by atoms with Crippen molar-refractivity contribution in [2.24, 2.45) is 0 Å². The van der Waals surface area contributed by atoms with Crippen molar-refractivity contribution in [1.29, 1.82) is 0 Å². The van der Waals surface area contributed by atoms with Crippen LogP contribution in [0.3, 0.4) is 0 Å². The van der Waals surface area contributed by atoms with Gasteiger partial charge in [0, 0.05) is 5.38 Å². The lowest BCUT2D eigenvalue weighted by Gasteiger charge is -2.01. The number of thiazole rings is 1. The predicted octanol–water partition coefficient (Wildman–Crippen LogP) is 2.75. The highest BCUT2D eigenvalue weighted by atomic mass is 32.1. The van der Waals surface area contributed by atoms with Crippen LogP contribution in [0.15, 0.2) is 29.6 Å². The zero-order chi connectivity index (χ0) is 13.7. The van der Waals surface area contributed by atoms with E-state index in [-0.39, 0.29) is 18.1 Å². The second kappa shape index (κ2) is 6.19. The number of esters is 1. The zero-order valence-corrected chi connectivity index (χ0v) is 11.1. The fourth-order valence-corrected chi connectivity index (χ4v) is 2.08. The van der Waals surface area contributed by atoms with Gasteiger partial charge in [-0.05, 0) is 31.2 Å². The Labute approximate surface area is 114 Å². The third-order valence-electron chi connectivity index (χ3n) is 2.20. The summed E-state index contributed by atoms with van der Waals surface area (Å²) in [6.07, 6.45) is 0.142. The van der Waals surface area contributed by atoms with Gasteiger partial charge in [0.1, 0.15) is 11.5 Å². The Kier molecular flexibility index (Phi) is 4.35. The first-order valence-corrected chi connectivity index (χ1v) is 6.62. The van der Waals surface area contributed by atoms with Crippen molar-refractivity contribution in [3.05, 3.63) is 35.3 Å². The van der Waals surface area contributed by atoms with Crippen LogP contribution in [-0.4, -0.2) is 22.7 Å². The van der Waals surface area contributed by atoms with E-state index in [4.69, 9.17) is 14.6 Å². The highest BCUT2D eigenvalue weighted by Gasteiger charge is 2.09. The van der Waals surface area contributed by atoms with E-state index in [1.165, 1.54) is 23.5 Å². The minimum atomic E-state index is -0.302. The van der Waals surface area contributed by atoms with Crippen molar-refractivity contribution in [3.63, 3.8) is 0 Å². The molecule has 0 aliphatic carbocycles. The summed E-state index contributed by atoms with van der Waals surface area (Å²) in [5, 5.41) is 11.4. The summed E-state index contributed by atoms with van der Waals surface area (Å²) in [5.41, 5.74) is 0.622. The van der Waals surface area contributed by atoms with Crippen molar-refractivity contribution in [3.8, 4) is 16.7 Å². The zero-order valence-electron chi connectivity index (χ0n) is 10.3. The van der Waals surface area contributed by atoms with E-state index >= 15 is 0 Å². The van der Waals surface area contributed by atoms with Crippen LogP contribution >= 0.6 is 11.3 Å². The largest absolute Gasteiger partial charge is 0.508 e. The molecule has 6 heteroatoms. The van der Waals surface area contributed by atoms with Crippen LogP contribution in [0.25, 0.3) is 0 Å². The van der Waals surface area contributed by atoms with E-state index < -0.39 is 0 Å². The Morgan fingerprint density at radius 3 is 2.79 bits per heavy atom. The van der Waals surface area contributed by atoms with Gasteiger partial charge in [-0.2, -0.15) is 0 Å². The molecule has 0 saturated heterocycles. The number of phenolic OH excluding ortho intramolecular Hbond substituents is 1. The van der Waals surface area contributed by atoms with Crippen LogP contribution in [0.1, 0.15) is 12.6 Å². The first-order valence-electron chi connectivity index (χ1n) is 5.74. The monoisotopic (exact) mass is 279 g/mol. The highest BCUT2D eigenvalue weighted by Crippen LogP contribution is 2.26. The summed E-state index contributed by atoms with van der Waals surface area (Å²) in [7, 11) is 0. The summed E-state index contributed by atoms with van der Waals surface area (Å²) in [6, 6.07) is 6.34. The smallest absolute Gasteiger partial charge is 0.311 e. The summed E-state index contributed by atoms with van der Waals surface area (Å²) in [5.74, 6) is 0.452. The molecule has 1 aromatic carbocycles. The number of rotatable bonds is 5. The molecule has 1 N–H and O–H groups in total. The lowest BCUT2D eigenvalue weighted by atomic mass is 10.3. The maximum atomic E-state index is 11.3. The number of aromatic hydroxyl groups is 1. The fraction of sp³-hybridized carbons (Fsp3) is 0.231. The van der Waals surface area contributed by atoms with E-state index in [9.17, 15) is 4.79 Å². The van der Waals surface area contributed by atoms with E-state index in [0.717, 1.165) is 0 Å². The molecule has 2 rings (SSSR count). The summed E-state index contributed by atoms with van der Waals surface area (Å²) in [4.78, 5) is 15.5. The van der Waals surface area contributed by atoms with Crippen LogP contribution in [0.5, 0.6) is 16.7 Å². The van der Waals surface area contributed by atoms with E-state index in [1.54, 1.807) is 24.4 Å². The van der Waals surface area contributed by atoms with Crippen molar-refractivity contribution in [1.82, 2.24) is 4.98 Å². The second-order valence-electron chi connectivity index (χ2n) is 3.68. The number of phenols is 1. The first kappa shape index (κ1) is 13.4. The van der Waals surface area contributed by atoms with E-state index in [1.807, 2.05) is 0 Å². The van der Waals surface area contributed by atoms with Gasteiger partial charge in [0.25, 0.3) is 5.19 Å². The maximum absolute atomic E-state index is 11.3. The molecular formula is C13H13NO4S. The molecule has 0 spiro atoms. The van der Waals surface area contributed by atoms with Gasteiger partial charge in [0.2, 0.25) is 0 Å². The van der Waals surface area contributed by atoms with Crippen LogP contribution in [-0.2, 0) is 16.0 Å². The second-order valence-corrected chi connectivity index (χ2v) is 4.50.